The monoisotopic (exact) mass is 238 g/mol. The molecule has 0 radical (unpaired) electrons. The minimum absolute atomic E-state index is 0.0564. The highest BCUT2D eigenvalue weighted by Gasteiger charge is 2.26. The van der Waals surface area contributed by atoms with E-state index in [0.717, 1.165) is 19.3 Å². The van der Waals surface area contributed by atoms with E-state index in [4.69, 9.17) is 0 Å². The Morgan fingerprint density at radius 1 is 1.47 bits per heavy atom. The fourth-order valence-corrected chi connectivity index (χ4v) is 2.39. The molecule has 1 heterocycles. The Morgan fingerprint density at radius 2 is 2.29 bits per heavy atom. The van der Waals surface area contributed by atoms with E-state index in [-0.39, 0.29) is 19.1 Å². The number of hydrogen-bond donors (Lipinski definition) is 2. The fourth-order valence-electron chi connectivity index (χ4n) is 2.39. The maximum absolute atomic E-state index is 11.6. The van der Waals surface area contributed by atoms with Crippen LogP contribution >= 0.6 is 0 Å². The van der Waals surface area contributed by atoms with Crippen LogP contribution in [0.15, 0.2) is 12.7 Å². The normalized spacial score (nSPS) is 23.8. The van der Waals surface area contributed by atoms with Crippen LogP contribution in [0, 0.1) is 11.8 Å². The van der Waals surface area contributed by atoms with Crippen molar-refractivity contribution in [3.05, 3.63) is 12.7 Å². The van der Waals surface area contributed by atoms with Crippen molar-refractivity contribution in [1.82, 2.24) is 20.1 Å². The molecule has 0 spiro atoms. The zero-order valence-electron chi connectivity index (χ0n) is 9.75. The van der Waals surface area contributed by atoms with E-state index >= 15 is 0 Å². The van der Waals surface area contributed by atoms with Gasteiger partial charge in [0.2, 0.25) is 5.91 Å². The Balaban J connectivity index is 1.72. The number of amides is 1. The summed E-state index contributed by atoms with van der Waals surface area (Å²) in [6.07, 6.45) is 6.24. The van der Waals surface area contributed by atoms with Gasteiger partial charge in [-0.2, -0.15) is 5.10 Å². The maximum Gasteiger partial charge on any atom is 0.241 e. The zero-order valence-corrected chi connectivity index (χ0v) is 9.75. The molecule has 2 atom stereocenters. The molecule has 1 fully saturated rings. The molecule has 0 aliphatic heterocycles. The van der Waals surface area contributed by atoms with Gasteiger partial charge in [0.15, 0.2) is 0 Å². The SMILES string of the molecule is O=C(Cn1cncn1)NCC1CCCC1CO. The van der Waals surface area contributed by atoms with E-state index in [1.807, 2.05) is 0 Å². The molecule has 17 heavy (non-hydrogen) atoms. The molecule has 94 valence electrons. The molecule has 0 saturated heterocycles. The van der Waals surface area contributed by atoms with E-state index in [1.54, 1.807) is 0 Å². The molecule has 1 aromatic rings. The van der Waals surface area contributed by atoms with Crippen molar-refractivity contribution in [1.29, 1.82) is 0 Å². The molecule has 1 aliphatic carbocycles. The van der Waals surface area contributed by atoms with E-state index in [0.29, 0.717) is 18.4 Å². The number of carbonyl (C=O) groups is 1. The summed E-state index contributed by atoms with van der Waals surface area (Å²) in [7, 11) is 0. The first-order valence-electron chi connectivity index (χ1n) is 5.99. The van der Waals surface area contributed by atoms with Gasteiger partial charge in [0.05, 0.1) is 0 Å². The molecule has 1 aromatic heterocycles. The van der Waals surface area contributed by atoms with E-state index in [1.165, 1.54) is 17.3 Å². The Bertz CT molecular complexity index is 352. The Kier molecular flexibility index (Phi) is 4.08. The molecule has 1 amide bonds. The average molecular weight is 238 g/mol. The predicted molar refractivity (Wildman–Crippen MR) is 60.9 cm³/mol. The van der Waals surface area contributed by atoms with Crippen LogP contribution in [0.1, 0.15) is 19.3 Å². The van der Waals surface area contributed by atoms with Crippen molar-refractivity contribution in [2.75, 3.05) is 13.2 Å². The number of aromatic nitrogens is 3. The lowest BCUT2D eigenvalue weighted by atomic mass is 9.97. The van der Waals surface area contributed by atoms with Gasteiger partial charge in [-0.3, -0.25) is 4.79 Å². The third-order valence-corrected chi connectivity index (χ3v) is 3.38. The molecule has 1 saturated carbocycles. The predicted octanol–water partition coefficient (Wildman–Crippen LogP) is -0.197. The van der Waals surface area contributed by atoms with Crippen LogP contribution in [0.3, 0.4) is 0 Å². The van der Waals surface area contributed by atoms with Gasteiger partial charge < -0.3 is 10.4 Å². The van der Waals surface area contributed by atoms with Gasteiger partial charge in [-0.05, 0) is 24.7 Å². The summed E-state index contributed by atoms with van der Waals surface area (Å²) >= 11 is 0. The number of rotatable bonds is 5. The van der Waals surface area contributed by atoms with Crippen LogP contribution in [-0.2, 0) is 11.3 Å². The number of nitrogens with zero attached hydrogens (tertiary/aromatic N) is 3. The Labute approximate surface area is 100 Å². The molecule has 0 bridgehead atoms. The zero-order chi connectivity index (χ0) is 12.1. The number of aliphatic hydroxyl groups is 1. The molecule has 0 aromatic carbocycles. The third kappa shape index (κ3) is 3.26. The summed E-state index contributed by atoms with van der Waals surface area (Å²) < 4.78 is 1.49. The van der Waals surface area contributed by atoms with Crippen LogP contribution in [-0.4, -0.2) is 38.9 Å². The average Bonchev–Trinajstić information content (AvgIpc) is 2.96. The second-order valence-electron chi connectivity index (χ2n) is 4.53. The number of nitrogens with one attached hydrogen (secondary N) is 1. The summed E-state index contributed by atoms with van der Waals surface area (Å²) in [6.45, 7) is 1.08. The first-order chi connectivity index (χ1) is 8.29. The van der Waals surface area contributed by atoms with Crippen molar-refractivity contribution in [2.45, 2.75) is 25.8 Å². The summed E-state index contributed by atoms with van der Waals surface area (Å²) in [5, 5.41) is 15.9. The van der Waals surface area contributed by atoms with Gasteiger partial charge in [-0.1, -0.05) is 6.42 Å². The topological polar surface area (TPSA) is 80.0 Å². The summed E-state index contributed by atoms with van der Waals surface area (Å²) in [6, 6.07) is 0. The molecule has 2 unspecified atom stereocenters. The first kappa shape index (κ1) is 12.0. The standard InChI is InChI=1S/C11H18N4O2/c16-6-10-3-1-2-9(10)4-13-11(17)5-15-8-12-7-14-15/h7-10,16H,1-6H2,(H,13,17). The first-order valence-corrected chi connectivity index (χ1v) is 5.99. The van der Waals surface area contributed by atoms with Gasteiger partial charge in [0, 0.05) is 13.2 Å². The summed E-state index contributed by atoms with van der Waals surface area (Å²) in [4.78, 5) is 15.4. The maximum atomic E-state index is 11.6. The van der Waals surface area contributed by atoms with Crippen LogP contribution in [0.5, 0.6) is 0 Å². The Hall–Kier alpha value is -1.43. The molecule has 2 rings (SSSR count). The highest BCUT2D eigenvalue weighted by Crippen LogP contribution is 2.30. The molecular weight excluding hydrogens is 220 g/mol. The molecule has 2 N–H and O–H groups in total. The van der Waals surface area contributed by atoms with Crippen molar-refractivity contribution >= 4 is 5.91 Å². The number of aliphatic hydroxyl groups excluding tert-OH is 1. The lowest BCUT2D eigenvalue weighted by Gasteiger charge is -2.17. The van der Waals surface area contributed by atoms with Crippen molar-refractivity contribution in [2.24, 2.45) is 11.8 Å². The summed E-state index contributed by atoms with van der Waals surface area (Å²) in [5.41, 5.74) is 0. The van der Waals surface area contributed by atoms with E-state index < -0.39 is 0 Å². The van der Waals surface area contributed by atoms with Crippen molar-refractivity contribution in [3.8, 4) is 0 Å². The second kappa shape index (κ2) is 5.77. The highest BCUT2D eigenvalue weighted by atomic mass is 16.3. The minimum atomic E-state index is -0.0564. The second-order valence-corrected chi connectivity index (χ2v) is 4.53. The third-order valence-electron chi connectivity index (χ3n) is 3.38. The molecule has 1 aliphatic rings. The van der Waals surface area contributed by atoms with Gasteiger partial charge in [-0.25, -0.2) is 9.67 Å². The van der Waals surface area contributed by atoms with Gasteiger partial charge >= 0.3 is 0 Å². The van der Waals surface area contributed by atoms with Crippen LogP contribution in [0.4, 0.5) is 0 Å². The van der Waals surface area contributed by atoms with Gasteiger partial charge in [0.1, 0.15) is 19.2 Å². The fraction of sp³-hybridized carbons (Fsp3) is 0.727. The van der Waals surface area contributed by atoms with E-state index in [9.17, 15) is 9.90 Å². The van der Waals surface area contributed by atoms with Crippen molar-refractivity contribution < 1.29 is 9.90 Å². The molecular formula is C11H18N4O2. The van der Waals surface area contributed by atoms with Crippen LogP contribution < -0.4 is 5.32 Å². The number of hydrogen-bond acceptors (Lipinski definition) is 4. The van der Waals surface area contributed by atoms with E-state index in [2.05, 4.69) is 15.4 Å². The van der Waals surface area contributed by atoms with Crippen LogP contribution in [0.2, 0.25) is 0 Å². The van der Waals surface area contributed by atoms with Crippen LogP contribution in [0.25, 0.3) is 0 Å². The molecule has 6 heteroatoms. The highest BCUT2D eigenvalue weighted by molar-refractivity contribution is 5.75. The smallest absolute Gasteiger partial charge is 0.241 e. The lowest BCUT2D eigenvalue weighted by Crippen LogP contribution is -2.34. The van der Waals surface area contributed by atoms with Gasteiger partial charge in [-0.15, -0.1) is 0 Å². The largest absolute Gasteiger partial charge is 0.396 e. The van der Waals surface area contributed by atoms with Gasteiger partial charge in [0.25, 0.3) is 0 Å². The quantitative estimate of drug-likeness (QED) is 0.744. The lowest BCUT2D eigenvalue weighted by molar-refractivity contribution is -0.122. The summed E-state index contributed by atoms with van der Waals surface area (Å²) in [5.74, 6) is 0.709. The number of carbonyl (C=O) groups excluding carboxylic acids is 1. The van der Waals surface area contributed by atoms with Crippen molar-refractivity contribution in [3.63, 3.8) is 0 Å². The minimum Gasteiger partial charge on any atom is -0.396 e. The molecule has 6 nitrogen and oxygen atoms in total. The Morgan fingerprint density at radius 3 is 3.00 bits per heavy atom.